The predicted molar refractivity (Wildman–Crippen MR) is 95.8 cm³/mol. The molecule has 2 aliphatic heterocycles. The molecule has 2 N–H and O–H groups in total. The number of carboxylic acid groups (broad SMARTS) is 1. The minimum absolute atomic E-state index is 0.00906. The van der Waals surface area contributed by atoms with Crippen LogP contribution in [0.2, 0.25) is 0 Å². The number of carbonyl (C=O) groups is 3. The van der Waals surface area contributed by atoms with Crippen molar-refractivity contribution in [2.75, 3.05) is 0 Å². The molecule has 2 saturated heterocycles. The van der Waals surface area contributed by atoms with Gasteiger partial charge in [0.1, 0.15) is 24.0 Å². The van der Waals surface area contributed by atoms with Gasteiger partial charge in [-0.05, 0) is 27.7 Å². The summed E-state index contributed by atoms with van der Waals surface area (Å²) in [6.45, 7) is 7.04. The first kappa shape index (κ1) is 18.5. The van der Waals surface area contributed by atoms with Gasteiger partial charge in [-0.2, -0.15) is 0 Å². The zero-order chi connectivity index (χ0) is 19.4. The second kappa shape index (κ2) is 6.15. The smallest absolute Gasteiger partial charge is 0.327 e. The maximum absolute atomic E-state index is 12.4. The number of hydrogen-bond donors (Lipinski definition) is 2. The molecule has 1 aromatic heterocycles. The van der Waals surface area contributed by atoms with Crippen LogP contribution in [0.5, 0.6) is 0 Å². The first-order valence-electron chi connectivity index (χ1n) is 8.23. The number of β-lactam (4-membered cyclic amide) rings is 1. The summed E-state index contributed by atoms with van der Waals surface area (Å²) in [6.07, 6.45) is 0. The third-order valence-corrected chi connectivity index (χ3v) is 6.42. The molecule has 26 heavy (non-hydrogen) atoms. The van der Waals surface area contributed by atoms with Gasteiger partial charge in [0.25, 0.3) is 0 Å². The minimum atomic E-state index is -1.04. The molecule has 1 aromatic rings. The molecule has 2 fully saturated rings. The molecule has 0 bridgehead atoms. The molecule has 0 aliphatic carbocycles. The van der Waals surface area contributed by atoms with E-state index in [1.807, 2.05) is 0 Å². The highest BCUT2D eigenvalue weighted by atomic mass is 32.2. The molecule has 3 rings (SSSR count). The number of amides is 2. The predicted octanol–water partition coefficient (Wildman–Crippen LogP) is 0.0968. The lowest BCUT2D eigenvalue weighted by molar-refractivity contribution is -0.161. The van der Waals surface area contributed by atoms with Crippen molar-refractivity contribution in [3.05, 3.63) is 33.7 Å². The van der Waals surface area contributed by atoms with Gasteiger partial charge < -0.3 is 19.9 Å². The molecule has 2 amide bonds. The largest absolute Gasteiger partial charge is 0.480 e. The van der Waals surface area contributed by atoms with Gasteiger partial charge in [0, 0.05) is 28.3 Å². The van der Waals surface area contributed by atoms with Crippen LogP contribution in [0.4, 0.5) is 0 Å². The zero-order valence-corrected chi connectivity index (χ0v) is 15.8. The van der Waals surface area contributed by atoms with E-state index < -0.39 is 22.8 Å². The van der Waals surface area contributed by atoms with E-state index in [9.17, 15) is 24.3 Å². The van der Waals surface area contributed by atoms with E-state index >= 15 is 0 Å². The molecule has 0 spiro atoms. The van der Waals surface area contributed by atoms with E-state index in [0.29, 0.717) is 11.4 Å². The number of hydrogen-bond acceptors (Lipinski definition) is 5. The van der Waals surface area contributed by atoms with E-state index in [4.69, 9.17) is 0 Å². The van der Waals surface area contributed by atoms with Gasteiger partial charge in [-0.3, -0.25) is 14.4 Å². The summed E-state index contributed by atoms with van der Waals surface area (Å²) in [6, 6.07) is 1.27. The summed E-state index contributed by atoms with van der Waals surface area (Å²) in [7, 11) is 0. The standard InChI is InChI=1S/C17H21N3O5S/c1-8-5-10(21)6-9(2)19(8)7-11(22)18-12-14(23)20-13(16(24)25)17(3,4)26-15(12)20/h5-6,12-13,15H,7H2,1-4H3,(H,18,22)(H,24,25)/t12-,13+,15-/m1/s1. The van der Waals surface area contributed by atoms with Crippen LogP contribution in [-0.2, 0) is 20.9 Å². The lowest BCUT2D eigenvalue weighted by Gasteiger charge is -2.43. The van der Waals surface area contributed by atoms with Crippen molar-refractivity contribution in [2.45, 2.75) is 56.4 Å². The van der Waals surface area contributed by atoms with Crippen LogP contribution < -0.4 is 10.7 Å². The van der Waals surface area contributed by atoms with Crippen molar-refractivity contribution in [3.63, 3.8) is 0 Å². The molecule has 9 heteroatoms. The number of nitrogens with one attached hydrogen (secondary N) is 1. The van der Waals surface area contributed by atoms with E-state index in [2.05, 4.69) is 5.32 Å². The summed E-state index contributed by atoms with van der Waals surface area (Å²) in [5.74, 6) is -1.76. The Balaban J connectivity index is 1.72. The molecule has 0 saturated carbocycles. The number of pyridine rings is 1. The van der Waals surface area contributed by atoms with Crippen LogP contribution in [0.3, 0.4) is 0 Å². The number of aliphatic carboxylic acids is 1. The summed E-state index contributed by atoms with van der Waals surface area (Å²) in [5.41, 5.74) is 1.20. The van der Waals surface area contributed by atoms with Gasteiger partial charge in [-0.15, -0.1) is 11.8 Å². The van der Waals surface area contributed by atoms with Gasteiger partial charge in [0.2, 0.25) is 11.8 Å². The molecule has 0 aromatic carbocycles. The fourth-order valence-corrected chi connectivity index (χ4v) is 5.27. The van der Waals surface area contributed by atoms with Crippen LogP contribution >= 0.6 is 11.8 Å². The Bertz CT molecular complexity index is 836. The molecule has 0 radical (unpaired) electrons. The number of aromatic nitrogens is 1. The van der Waals surface area contributed by atoms with Crippen molar-refractivity contribution >= 4 is 29.5 Å². The highest BCUT2D eigenvalue weighted by Gasteiger charge is 2.64. The highest BCUT2D eigenvalue weighted by Crippen LogP contribution is 2.50. The maximum Gasteiger partial charge on any atom is 0.327 e. The molecule has 3 heterocycles. The topological polar surface area (TPSA) is 109 Å². The van der Waals surface area contributed by atoms with Crippen LogP contribution in [0.1, 0.15) is 25.2 Å². The summed E-state index contributed by atoms with van der Waals surface area (Å²) in [4.78, 5) is 49.1. The number of nitrogens with zero attached hydrogens (tertiary/aromatic N) is 2. The monoisotopic (exact) mass is 379 g/mol. The van der Waals surface area contributed by atoms with E-state index in [1.165, 1.54) is 28.8 Å². The lowest BCUT2D eigenvalue weighted by atomic mass is 9.96. The first-order chi connectivity index (χ1) is 12.0. The van der Waals surface area contributed by atoms with Crippen molar-refractivity contribution in [1.82, 2.24) is 14.8 Å². The van der Waals surface area contributed by atoms with Gasteiger partial charge in [0.05, 0.1) is 0 Å². The van der Waals surface area contributed by atoms with Crippen molar-refractivity contribution < 1.29 is 19.5 Å². The van der Waals surface area contributed by atoms with Crippen molar-refractivity contribution in [1.29, 1.82) is 0 Å². The number of fused-ring (bicyclic) bond motifs is 1. The average molecular weight is 379 g/mol. The van der Waals surface area contributed by atoms with Crippen LogP contribution in [0.15, 0.2) is 16.9 Å². The van der Waals surface area contributed by atoms with Crippen molar-refractivity contribution in [2.24, 2.45) is 0 Å². The molecular weight excluding hydrogens is 358 g/mol. The Kier molecular flexibility index (Phi) is 4.38. The Morgan fingerprint density at radius 3 is 2.35 bits per heavy atom. The normalized spacial score (nSPS) is 26.2. The SMILES string of the molecule is Cc1cc(=O)cc(C)n1CC(=O)N[C@@H]1C(=O)N2[C@@H]1SC(C)(C)[C@@H]2C(=O)O. The molecule has 3 atom stereocenters. The summed E-state index contributed by atoms with van der Waals surface area (Å²) in [5, 5.41) is 11.7. The summed E-state index contributed by atoms with van der Waals surface area (Å²) < 4.78 is 1.07. The Morgan fingerprint density at radius 2 is 1.81 bits per heavy atom. The molecular formula is C17H21N3O5S. The quantitative estimate of drug-likeness (QED) is 0.718. The number of aryl methyl sites for hydroxylation is 2. The average Bonchev–Trinajstić information content (AvgIpc) is 2.77. The van der Waals surface area contributed by atoms with E-state index in [0.717, 1.165) is 0 Å². The van der Waals surface area contributed by atoms with Gasteiger partial charge in [0.15, 0.2) is 5.43 Å². The number of rotatable bonds is 4. The second-order valence-electron chi connectivity index (χ2n) is 7.20. The van der Waals surface area contributed by atoms with E-state index in [1.54, 1.807) is 32.3 Å². The molecule has 2 aliphatic rings. The third kappa shape index (κ3) is 2.90. The second-order valence-corrected chi connectivity index (χ2v) is 8.97. The van der Waals surface area contributed by atoms with E-state index in [-0.39, 0.29) is 29.2 Å². The number of carbonyl (C=O) groups excluding carboxylic acids is 2. The maximum atomic E-state index is 12.4. The van der Waals surface area contributed by atoms with Crippen LogP contribution in [0, 0.1) is 13.8 Å². The minimum Gasteiger partial charge on any atom is -0.480 e. The molecule has 140 valence electrons. The Labute approximate surface area is 154 Å². The molecule has 0 unspecified atom stereocenters. The summed E-state index contributed by atoms with van der Waals surface area (Å²) >= 11 is 1.38. The van der Waals surface area contributed by atoms with Gasteiger partial charge >= 0.3 is 5.97 Å². The fraction of sp³-hybridized carbons (Fsp3) is 0.529. The zero-order valence-electron chi connectivity index (χ0n) is 15.0. The Morgan fingerprint density at radius 1 is 1.23 bits per heavy atom. The highest BCUT2D eigenvalue weighted by molar-refractivity contribution is 8.01. The van der Waals surface area contributed by atoms with Gasteiger partial charge in [-0.25, -0.2) is 4.79 Å². The van der Waals surface area contributed by atoms with Crippen LogP contribution in [0.25, 0.3) is 0 Å². The number of thioether (sulfide) groups is 1. The number of carboxylic acids is 1. The van der Waals surface area contributed by atoms with Crippen LogP contribution in [-0.4, -0.2) is 54.6 Å². The third-order valence-electron chi connectivity index (χ3n) is 4.85. The Hall–Kier alpha value is -2.29. The van der Waals surface area contributed by atoms with Gasteiger partial charge in [-0.1, -0.05) is 0 Å². The fourth-order valence-electron chi connectivity index (χ4n) is 3.64. The first-order valence-corrected chi connectivity index (χ1v) is 9.11. The molecule has 8 nitrogen and oxygen atoms in total. The lowest BCUT2D eigenvalue weighted by Crippen LogP contribution is -2.70. The van der Waals surface area contributed by atoms with Crippen molar-refractivity contribution in [3.8, 4) is 0 Å².